The van der Waals surface area contributed by atoms with Crippen LogP contribution in [0.15, 0.2) is 55.4 Å². The van der Waals surface area contributed by atoms with Crippen molar-refractivity contribution in [2.75, 3.05) is 0 Å². The van der Waals surface area contributed by atoms with Crippen molar-refractivity contribution in [3.63, 3.8) is 0 Å². The fourth-order valence-corrected chi connectivity index (χ4v) is 2.32. The molecule has 0 fully saturated rings. The molecule has 0 aliphatic heterocycles. The van der Waals surface area contributed by atoms with E-state index in [1.165, 1.54) is 12.1 Å². The van der Waals surface area contributed by atoms with E-state index >= 15 is 0 Å². The van der Waals surface area contributed by atoms with Crippen molar-refractivity contribution in [3.8, 4) is 17.2 Å². The molecule has 106 valence electrons. The van der Waals surface area contributed by atoms with Gasteiger partial charge in [0.15, 0.2) is 0 Å². The molecule has 21 heavy (non-hydrogen) atoms. The standard InChI is InChI=1S/C18H17FN2/c1-2-4-14(12-20)6-7-15-8-9-17(19)11-18(15)16-5-3-10-21-13-16/h2-3,5,8-11,13-14H,1,4,6-7H2. The van der Waals surface area contributed by atoms with Crippen molar-refractivity contribution in [2.45, 2.75) is 19.3 Å². The molecule has 1 heterocycles. The predicted octanol–water partition coefficient (Wildman–Crippen LogP) is 4.54. The van der Waals surface area contributed by atoms with Crippen LogP contribution in [0.1, 0.15) is 18.4 Å². The maximum atomic E-state index is 13.5. The van der Waals surface area contributed by atoms with Gasteiger partial charge in [0.2, 0.25) is 0 Å². The number of aromatic nitrogens is 1. The Balaban J connectivity index is 2.24. The van der Waals surface area contributed by atoms with Crippen LogP contribution >= 0.6 is 0 Å². The van der Waals surface area contributed by atoms with Crippen LogP contribution < -0.4 is 0 Å². The molecular formula is C18H17FN2. The average Bonchev–Trinajstić information content (AvgIpc) is 2.53. The van der Waals surface area contributed by atoms with Gasteiger partial charge in [-0.15, -0.1) is 6.58 Å². The molecule has 0 radical (unpaired) electrons. The molecule has 3 heteroatoms. The Kier molecular flexibility index (Phi) is 5.22. The molecule has 0 amide bonds. The molecule has 2 nitrogen and oxygen atoms in total. The lowest BCUT2D eigenvalue weighted by atomic mass is 9.93. The fraction of sp³-hybridized carbons (Fsp3) is 0.222. The van der Waals surface area contributed by atoms with Crippen LogP contribution in [0.3, 0.4) is 0 Å². The van der Waals surface area contributed by atoms with Gasteiger partial charge in [0.1, 0.15) is 5.82 Å². The molecular weight excluding hydrogens is 263 g/mol. The van der Waals surface area contributed by atoms with Gasteiger partial charge in [-0.25, -0.2) is 4.39 Å². The average molecular weight is 280 g/mol. The molecule has 0 spiro atoms. The first kappa shape index (κ1) is 14.9. The van der Waals surface area contributed by atoms with Crippen LogP contribution in [0.2, 0.25) is 0 Å². The second-order valence-electron chi connectivity index (χ2n) is 4.93. The lowest BCUT2D eigenvalue weighted by Gasteiger charge is -2.11. The van der Waals surface area contributed by atoms with Gasteiger partial charge < -0.3 is 0 Å². The lowest BCUT2D eigenvalue weighted by Crippen LogP contribution is -2.00. The summed E-state index contributed by atoms with van der Waals surface area (Å²) in [7, 11) is 0. The topological polar surface area (TPSA) is 36.7 Å². The minimum Gasteiger partial charge on any atom is -0.264 e. The molecule has 2 aromatic rings. The van der Waals surface area contributed by atoms with Crippen molar-refractivity contribution in [3.05, 3.63) is 66.8 Å². The minimum absolute atomic E-state index is 0.0469. The molecule has 0 N–H and O–H groups in total. The van der Waals surface area contributed by atoms with Crippen LogP contribution in [0.25, 0.3) is 11.1 Å². The van der Waals surface area contributed by atoms with Crippen LogP contribution in [0.5, 0.6) is 0 Å². The van der Waals surface area contributed by atoms with Crippen molar-refractivity contribution >= 4 is 0 Å². The Bertz CT molecular complexity index is 644. The summed E-state index contributed by atoms with van der Waals surface area (Å²) in [5.41, 5.74) is 2.77. The molecule has 0 bridgehead atoms. The number of aryl methyl sites for hydroxylation is 1. The predicted molar refractivity (Wildman–Crippen MR) is 81.9 cm³/mol. The summed E-state index contributed by atoms with van der Waals surface area (Å²) in [6.07, 6.45) is 7.33. The van der Waals surface area contributed by atoms with Gasteiger partial charge in [0, 0.05) is 18.0 Å². The monoisotopic (exact) mass is 280 g/mol. The summed E-state index contributed by atoms with van der Waals surface area (Å²) in [5.74, 6) is -0.310. The molecule has 2 rings (SSSR count). The first-order chi connectivity index (χ1) is 10.2. The summed E-state index contributed by atoms with van der Waals surface area (Å²) in [6, 6.07) is 10.8. The van der Waals surface area contributed by atoms with Crippen molar-refractivity contribution in [2.24, 2.45) is 5.92 Å². The summed E-state index contributed by atoms with van der Waals surface area (Å²) in [6.45, 7) is 3.67. The van der Waals surface area contributed by atoms with Gasteiger partial charge in [0.25, 0.3) is 0 Å². The summed E-state index contributed by atoms with van der Waals surface area (Å²) >= 11 is 0. The van der Waals surface area contributed by atoms with Gasteiger partial charge in [-0.3, -0.25) is 4.98 Å². The van der Waals surface area contributed by atoms with Crippen LogP contribution in [-0.2, 0) is 6.42 Å². The van der Waals surface area contributed by atoms with E-state index in [4.69, 9.17) is 5.26 Å². The Labute approximate surface area is 124 Å². The van der Waals surface area contributed by atoms with Gasteiger partial charge in [-0.1, -0.05) is 18.2 Å². The third kappa shape index (κ3) is 4.00. The number of hydrogen-bond acceptors (Lipinski definition) is 2. The Morgan fingerprint density at radius 2 is 2.24 bits per heavy atom. The molecule has 1 aromatic carbocycles. The van der Waals surface area contributed by atoms with Crippen molar-refractivity contribution < 1.29 is 4.39 Å². The Morgan fingerprint density at radius 3 is 2.90 bits per heavy atom. The maximum absolute atomic E-state index is 13.5. The smallest absolute Gasteiger partial charge is 0.123 e. The fourth-order valence-electron chi connectivity index (χ4n) is 2.32. The first-order valence-corrected chi connectivity index (χ1v) is 6.94. The number of nitrogens with zero attached hydrogens (tertiary/aromatic N) is 2. The summed E-state index contributed by atoms with van der Waals surface area (Å²) in [4.78, 5) is 4.08. The zero-order valence-corrected chi connectivity index (χ0v) is 11.8. The van der Waals surface area contributed by atoms with Gasteiger partial charge in [0.05, 0.1) is 12.0 Å². The lowest BCUT2D eigenvalue weighted by molar-refractivity contribution is 0.608. The maximum Gasteiger partial charge on any atom is 0.123 e. The SMILES string of the molecule is C=CCC(C#N)CCc1ccc(F)cc1-c1cccnc1. The highest BCUT2D eigenvalue weighted by atomic mass is 19.1. The van der Waals surface area contributed by atoms with Crippen LogP contribution in [0.4, 0.5) is 4.39 Å². The van der Waals surface area contributed by atoms with Gasteiger partial charge in [-0.05, 0) is 48.6 Å². The van der Waals surface area contributed by atoms with E-state index in [1.807, 2.05) is 12.1 Å². The molecule has 0 aliphatic carbocycles. The number of benzene rings is 1. The minimum atomic E-state index is -0.263. The van der Waals surface area contributed by atoms with Crippen molar-refractivity contribution in [1.82, 2.24) is 4.98 Å². The number of halogens is 1. The Hall–Kier alpha value is -2.47. The van der Waals surface area contributed by atoms with E-state index in [0.29, 0.717) is 6.42 Å². The molecule has 0 saturated carbocycles. The Morgan fingerprint density at radius 1 is 1.38 bits per heavy atom. The number of allylic oxidation sites excluding steroid dienone is 1. The normalized spacial score (nSPS) is 11.6. The summed E-state index contributed by atoms with van der Waals surface area (Å²) in [5, 5.41) is 9.10. The van der Waals surface area contributed by atoms with Crippen LogP contribution in [-0.4, -0.2) is 4.98 Å². The quantitative estimate of drug-likeness (QED) is 0.728. The summed E-state index contributed by atoms with van der Waals surface area (Å²) < 4.78 is 13.5. The number of pyridine rings is 1. The number of hydrogen-bond donors (Lipinski definition) is 0. The second-order valence-corrected chi connectivity index (χ2v) is 4.93. The van der Waals surface area contributed by atoms with Gasteiger partial charge in [-0.2, -0.15) is 5.26 Å². The van der Waals surface area contributed by atoms with E-state index in [2.05, 4.69) is 17.6 Å². The molecule has 0 aliphatic rings. The highest BCUT2D eigenvalue weighted by molar-refractivity contribution is 5.66. The molecule has 1 unspecified atom stereocenters. The molecule has 1 atom stereocenters. The number of nitriles is 1. The molecule has 0 saturated heterocycles. The van der Waals surface area contributed by atoms with E-state index in [-0.39, 0.29) is 11.7 Å². The third-order valence-corrected chi connectivity index (χ3v) is 3.44. The van der Waals surface area contributed by atoms with E-state index in [0.717, 1.165) is 29.5 Å². The van der Waals surface area contributed by atoms with E-state index in [9.17, 15) is 4.39 Å². The van der Waals surface area contributed by atoms with E-state index < -0.39 is 0 Å². The zero-order valence-electron chi connectivity index (χ0n) is 11.8. The van der Waals surface area contributed by atoms with Gasteiger partial charge >= 0.3 is 0 Å². The van der Waals surface area contributed by atoms with Crippen LogP contribution in [0, 0.1) is 23.1 Å². The largest absolute Gasteiger partial charge is 0.264 e. The highest BCUT2D eigenvalue weighted by Crippen LogP contribution is 2.26. The molecule has 1 aromatic heterocycles. The zero-order chi connectivity index (χ0) is 15.1. The highest BCUT2D eigenvalue weighted by Gasteiger charge is 2.10. The van der Waals surface area contributed by atoms with Crippen molar-refractivity contribution in [1.29, 1.82) is 5.26 Å². The number of rotatable bonds is 6. The second kappa shape index (κ2) is 7.35. The third-order valence-electron chi connectivity index (χ3n) is 3.44. The first-order valence-electron chi connectivity index (χ1n) is 6.94. The van der Waals surface area contributed by atoms with E-state index in [1.54, 1.807) is 24.5 Å².